The largest absolute Gasteiger partial charge is 0.436 e. The van der Waals surface area contributed by atoms with Crippen LogP contribution in [0.3, 0.4) is 0 Å². The van der Waals surface area contributed by atoms with Crippen molar-refractivity contribution in [2.45, 2.75) is 20.3 Å². The van der Waals surface area contributed by atoms with Gasteiger partial charge in [-0.05, 0) is 55.2 Å². The molecule has 20 heavy (non-hydrogen) atoms. The van der Waals surface area contributed by atoms with Crippen molar-refractivity contribution >= 4 is 16.8 Å². The van der Waals surface area contributed by atoms with Crippen LogP contribution in [-0.2, 0) is 6.42 Å². The highest BCUT2D eigenvalue weighted by Gasteiger charge is 2.14. The van der Waals surface area contributed by atoms with Gasteiger partial charge < -0.3 is 9.73 Å². The molecule has 0 saturated heterocycles. The fraction of sp³-hybridized carbons (Fsp3) is 0.235. The molecule has 0 bridgehead atoms. The van der Waals surface area contributed by atoms with Crippen LogP contribution in [0.4, 0.5) is 5.69 Å². The number of fused-ring (bicyclic) bond motifs is 2. The lowest BCUT2D eigenvalue weighted by Crippen LogP contribution is -1.91. The number of anilines is 1. The molecule has 0 amide bonds. The van der Waals surface area contributed by atoms with Gasteiger partial charge in [0, 0.05) is 17.8 Å². The van der Waals surface area contributed by atoms with Crippen molar-refractivity contribution in [1.82, 2.24) is 4.98 Å². The molecular weight excluding hydrogens is 248 g/mol. The molecule has 100 valence electrons. The summed E-state index contributed by atoms with van der Waals surface area (Å²) in [5.74, 6) is 0.699. The fourth-order valence-corrected chi connectivity index (χ4v) is 2.92. The minimum absolute atomic E-state index is 0.699. The van der Waals surface area contributed by atoms with Gasteiger partial charge in [-0.2, -0.15) is 0 Å². The summed E-state index contributed by atoms with van der Waals surface area (Å²) < 4.78 is 5.96. The molecule has 0 atom stereocenters. The van der Waals surface area contributed by atoms with Gasteiger partial charge in [-0.15, -0.1) is 0 Å². The summed E-state index contributed by atoms with van der Waals surface area (Å²) >= 11 is 0. The van der Waals surface area contributed by atoms with E-state index in [1.165, 1.54) is 16.8 Å². The molecule has 2 aromatic carbocycles. The fourth-order valence-electron chi connectivity index (χ4n) is 2.92. The summed E-state index contributed by atoms with van der Waals surface area (Å²) in [4.78, 5) is 4.64. The van der Waals surface area contributed by atoms with Gasteiger partial charge >= 0.3 is 0 Å². The first-order valence-electron chi connectivity index (χ1n) is 6.96. The van der Waals surface area contributed by atoms with E-state index in [0.29, 0.717) is 5.89 Å². The molecule has 3 heteroatoms. The zero-order valence-electron chi connectivity index (χ0n) is 11.7. The van der Waals surface area contributed by atoms with Crippen LogP contribution in [0.25, 0.3) is 22.6 Å². The number of aromatic nitrogens is 1. The number of hydrogen-bond acceptors (Lipinski definition) is 3. The zero-order valence-corrected chi connectivity index (χ0v) is 11.7. The average Bonchev–Trinajstić information content (AvgIpc) is 3.03. The Balaban J connectivity index is 1.88. The number of nitrogens with zero attached hydrogens (tertiary/aromatic N) is 1. The Kier molecular flexibility index (Phi) is 2.36. The Morgan fingerprint density at radius 2 is 2.05 bits per heavy atom. The molecule has 0 saturated carbocycles. The van der Waals surface area contributed by atoms with Crippen LogP contribution >= 0.6 is 0 Å². The summed E-state index contributed by atoms with van der Waals surface area (Å²) in [5.41, 5.74) is 7.79. The normalized spacial score (nSPS) is 13.5. The molecular formula is C17H16N2O. The quantitative estimate of drug-likeness (QED) is 0.719. The maximum absolute atomic E-state index is 5.96. The monoisotopic (exact) mass is 264 g/mol. The van der Waals surface area contributed by atoms with Crippen LogP contribution in [0.15, 0.2) is 34.7 Å². The molecule has 0 radical (unpaired) electrons. The third-order valence-corrected chi connectivity index (χ3v) is 3.89. The highest BCUT2D eigenvalue weighted by atomic mass is 16.3. The van der Waals surface area contributed by atoms with Crippen LogP contribution in [0.5, 0.6) is 0 Å². The van der Waals surface area contributed by atoms with Crippen molar-refractivity contribution in [2.24, 2.45) is 0 Å². The summed E-state index contributed by atoms with van der Waals surface area (Å²) in [6.45, 7) is 5.17. The number of rotatable bonds is 1. The Labute approximate surface area is 117 Å². The number of oxazole rings is 1. The second-order valence-electron chi connectivity index (χ2n) is 5.50. The average molecular weight is 264 g/mol. The zero-order chi connectivity index (χ0) is 13.7. The Morgan fingerprint density at radius 3 is 2.95 bits per heavy atom. The molecule has 3 nitrogen and oxygen atoms in total. The smallest absolute Gasteiger partial charge is 0.227 e. The van der Waals surface area contributed by atoms with E-state index >= 15 is 0 Å². The number of hydrogen-bond donors (Lipinski definition) is 1. The molecule has 2 heterocycles. The van der Waals surface area contributed by atoms with E-state index in [4.69, 9.17) is 4.42 Å². The van der Waals surface area contributed by atoms with E-state index in [1.54, 1.807) is 0 Å². The van der Waals surface area contributed by atoms with E-state index in [-0.39, 0.29) is 0 Å². The Hall–Kier alpha value is -2.29. The summed E-state index contributed by atoms with van der Waals surface area (Å²) in [7, 11) is 0. The summed E-state index contributed by atoms with van der Waals surface area (Å²) in [6, 6.07) is 10.6. The molecule has 0 spiro atoms. The molecule has 1 aliphatic heterocycles. The summed E-state index contributed by atoms with van der Waals surface area (Å²) in [5, 5.41) is 3.40. The topological polar surface area (TPSA) is 38.1 Å². The summed E-state index contributed by atoms with van der Waals surface area (Å²) in [6.07, 6.45) is 1.10. The maximum atomic E-state index is 5.96. The highest BCUT2D eigenvalue weighted by Crippen LogP contribution is 2.31. The van der Waals surface area contributed by atoms with Gasteiger partial charge in [0.05, 0.1) is 0 Å². The lowest BCUT2D eigenvalue weighted by Gasteiger charge is -2.01. The third kappa shape index (κ3) is 1.70. The van der Waals surface area contributed by atoms with Crippen LogP contribution in [0, 0.1) is 13.8 Å². The van der Waals surface area contributed by atoms with Crippen molar-refractivity contribution < 1.29 is 4.42 Å². The Morgan fingerprint density at radius 1 is 1.15 bits per heavy atom. The van der Waals surface area contributed by atoms with E-state index in [9.17, 15) is 0 Å². The van der Waals surface area contributed by atoms with E-state index in [1.807, 2.05) is 0 Å². The van der Waals surface area contributed by atoms with Crippen molar-refractivity contribution in [3.8, 4) is 11.5 Å². The van der Waals surface area contributed by atoms with Gasteiger partial charge in [0.2, 0.25) is 5.89 Å². The van der Waals surface area contributed by atoms with Crippen LogP contribution in [0.1, 0.15) is 16.7 Å². The lowest BCUT2D eigenvalue weighted by atomic mass is 10.1. The minimum Gasteiger partial charge on any atom is -0.436 e. The molecule has 1 N–H and O–H groups in total. The number of aryl methyl sites for hydroxylation is 2. The minimum atomic E-state index is 0.699. The van der Waals surface area contributed by atoms with Crippen LogP contribution in [-0.4, -0.2) is 11.5 Å². The van der Waals surface area contributed by atoms with Crippen LogP contribution in [0.2, 0.25) is 0 Å². The van der Waals surface area contributed by atoms with Gasteiger partial charge in [0.25, 0.3) is 0 Å². The molecule has 0 aliphatic carbocycles. The first-order valence-corrected chi connectivity index (χ1v) is 6.96. The van der Waals surface area contributed by atoms with E-state index < -0.39 is 0 Å². The standard InChI is InChI=1S/C17H16N2O/c1-10-7-11(2)16-15(8-10)19-17(20-16)13-4-3-12-5-6-18-14(12)9-13/h3-4,7-9,18H,5-6H2,1-2H3. The van der Waals surface area contributed by atoms with Gasteiger partial charge in [0.15, 0.2) is 5.58 Å². The van der Waals surface area contributed by atoms with Crippen molar-refractivity contribution in [3.63, 3.8) is 0 Å². The molecule has 3 aromatic rings. The van der Waals surface area contributed by atoms with Crippen molar-refractivity contribution in [1.29, 1.82) is 0 Å². The first kappa shape index (κ1) is 11.5. The van der Waals surface area contributed by atoms with Gasteiger partial charge in [-0.25, -0.2) is 4.98 Å². The number of nitrogens with one attached hydrogen (secondary N) is 1. The predicted molar refractivity (Wildman–Crippen MR) is 81.1 cm³/mol. The third-order valence-electron chi connectivity index (χ3n) is 3.89. The predicted octanol–water partition coefficient (Wildman–Crippen LogP) is 4.08. The molecule has 1 aromatic heterocycles. The SMILES string of the molecule is Cc1cc(C)c2oc(-c3ccc4c(c3)NCC4)nc2c1. The molecule has 1 aliphatic rings. The van der Waals surface area contributed by atoms with E-state index in [0.717, 1.165) is 35.2 Å². The van der Waals surface area contributed by atoms with Crippen molar-refractivity contribution in [2.75, 3.05) is 11.9 Å². The van der Waals surface area contributed by atoms with Gasteiger partial charge in [0.1, 0.15) is 5.52 Å². The Bertz CT molecular complexity index is 817. The second kappa shape index (κ2) is 4.10. The van der Waals surface area contributed by atoms with Gasteiger partial charge in [-0.3, -0.25) is 0 Å². The second-order valence-corrected chi connectivity index (χ2v) is 5.50. The molecule has 0 fully saturated rings. The van der Waals surface area contributed by atoms with E-state index in [2.05, 4.69) is 54.5 Å². The van der Waals surface area contributed by atoms with Crippen LogP contribution < -0.4 is 5.32 Å². The molecule has 0 unspecified atom stereocenters. The lowest BCUT2D eigenvalue weighted by molar-refractivity contribution is 0.617. The maximum Gasteiger partial charge on any atom is 0.227 e. The number of benzene rings is 2. The van der Waals surface area contributed by atoms with Gasteiger partial charge in [-0.1, -0.05) is 12.1 Å². The highest BCUT2D eigenvalue weighted by molar-refractivity contribution is 5.80. The first-order chi connectivity index (χ1) is 9.70. The molecule has 4 rings (SSSR count). The van der Waals surface area contributed by atoms with Crippen molar-refractivity contribution in [3.05, 3.63) is 47.0 Å².